The molecule has 0 fully saturated rings. The molecule has 1 N–H and O–H groups in total. The SMILES string of the molecule is COc1cc(C(=O)OC(C)C(=O)Nc2nc(-c3ccc(Cl)c(Cl)c3)cs2)ccc1OCCC(C)C. The number of esters is 1. The van der Waals surface area contributed by atoms with E-state index in [-0.39, 0.29) is 5.56 Å². The van der Waals surface area contributed by atoms with Crippen molar-refractivity contribution in [2.24, 2.45) is 5.92 Å². The Hall–Kier alpha value is -2.81. The summed E-state index contributed by atoms with van der Waals surface area (Å²) in [6.07, 6.45) is -0.152. The minimum Gasteiger partial charge on any atom is -0.493 e. The minimum atomic E-state index is -1.05. The van der Waals surface area contributed by atoms with Crippen molar-refractivity contribution >= 4 is 51.5 Å². The number of rotatable bonds is 10. The Morgan fingerprint density at radius 2 is 1.83 bits per heavy atom. The predicted octanol–water partition coefficient (Wildman–Crippen LogP) is 6.73. The highest BCUT2D eigenvalue weighted by Crippen LogP contribution is 2.31. The van der Waals surface area contributed by atoms with Crippen molar-refractivity contribution in [2.75, 3.05) is 19.0 Å². The number of hydrogen-bond donors (Lipinski definition) is 1. The lowest BCUT2D eigenvalue weighted by Gasteiger charge is -2.15. The van der Waals surface area contributed by atoms with Gasteiger partial charge in [-0.15, -0.1) is 11.3 Å². The molecule has 1 heterocycles. The average molecular weight is 537 g/mol. The molecule has 0 aliphatic heterocycles. The second-order valence-electron chi connectivity index (χ2n) is 8.10. The van der Waals surface area contributed by atoms with Gasteiger partial charge in [-0.25, -0.2) is 9.78 Å². The van der Waals surface area contributed by atoms with E-state index in [1.54, 1.807) is 35.7 Å². The Morgan fingerprint density at radius 3 is 2.51 bits per heavy atom. The van der Waals surface area contributed by atoms with Crippen LogP contribution in [0.15, 0.2) is 41.8 Å². The first-order valence-corrected chi connectivity index (χ1v) is 12.5. The number of amides is 1. The van der Waals surface area contributed by atoms with E-state index in [9.17, 15) is 9.59 Å². The summed E-state index contributed by atoms with van der Waals surface area (Å²) >= 11 is 13.3. The molecule has 3 aromatic rings. The Morgan fingerprint density at radius 1 is 1.06 bits per heavy atom. The van der Waals surface area contributed by atoms with Crippen LogP contribution < -0.4 is 14.8 Å². The first kappa shape index (κ1) is 26.8. The molecule has 0 aliphatic rings. The molecule has 10 heteroatoms. The lowest BCUT2D eigenvalue weighted by Crippen LogP contribution is -2.30. The molecule has 1 amide bonds. The van der Waals surface area contributed by atoms with E-state index < -0.39 is 18.0 Å². The van der Waals surface area contributed by atoms with Crippen LogP contribution in [0.3, 0.4) is 0 Å². The third-order valence-electron chi connectivity index (χ3n) is 4.95. The normalized spacial score (nSPS) is 11.7. The minimum absolute atomic E-state index is 0.244. The topological polar surface area (TPSA) is 86.8 Å². The zero-order chi connectivity index (χ0) is 25.5. The van der Waals surface area contributed by atoms with Gasteiger partial charge in [0.25, 0.3) is 5.91 Å². The Labute approximate surface area is 218 Å². The van der Waals surface area contributed by atoms with Crippen molar-refractivity contribution in [3.8, 4) is 22.8 Å². The Bertz CT molecular complexity index is 1200. The van der Waals surface area contributed by atoms with Crippen LogP contribution in [-0.4, -0.2) is 36.7 Å². The number of hydrogen-bond acceptors (Lipinski definition) is 7. The molecule has 0 aliphatic carbocycles. The summed E-state index contributed by atoms with van der Waals surface area (Å²) in [4.78, 5) is 29.6. The summed E-state index contributed by atoms with van der Waals surface area (Å²) < 4.78 is 16.4. The fourth-order valence-electron chi connectivity index (χ4n) is 2.93. The smallest absolute Gasteiger partial charge is 0.339 e. The highest BCUT2D eigenvalue weighted by Gasteiger charge is 2.21. The zero-order valence-corrected chi connectivity index (χ0v) is 22.1. The second kappa shape index (κ2) is 12.2. The van der Waals surface area contributed by atoms with Crippen molar-refractivity contribution in [1.29, 1.82) is 0 Å². The first-order valence-electron chi connectivity index (χ1n) is 10.9. The molecule has 2 aromatic carbocycles. The van der Waals surface area contributed by atoms with Crippen molar-refractivity contribution in [3.63, 3.8) is 0 Å². The molecule has 186 valence electrons. The second-order valence-corrected chi connectivity index (χ2v) is 9.77. The number of methoxy groups -OCH3 is 1. The third kappa shape index (κ3) is 7.34. The molecule has 1 unspecified atom stereocenters. The van der Waals surface area contributed by atoms with E-state index in [4.69, 9.17) is 37.4 Å². The van der Waals surface area contributed by atoms with E-state index in [1.165, 1.54) is 31.4 Å². The van der Waals surface area contributed by atoms with Gasteiger partial charge < -0.3 is 14.2 Å². The molecular formula is C25H26Cl2N2O5S. The molecule has 35 heavy (non-hydrogen) atoms. The quantitative estimate of drug-likeness (QED) is 0.289. The van der Waals surface area contributed by atoms with Gasteiger partial charge in [0, 0.05) is 10.9 Å². The molecule has 7 nitrogen and oxygen atoms in total. The zero-order valence-electron chi connectivity index (χ0n) is 19.8. The number of carbonyl (C=O) groups excluding carboxylic acids is 2. The summed E-state index contributed by atoms with van der Waals surface area (Å²) in [6.45, 7) is 6.25. The van der Waals surface area contributed by atoms with Crippen LogP contribution in [-0.2, 0) is 9.53 Å². The maximum atomic E-state index is 12.6. The summed E-state index contributed by atoms with van der Waals surface area (Å²) in [6, 6.07) is 9.92. The van der Waals surface area contributed by atoms with Gasteiger partial charge in [0.1, 0.15) is 0 Å². The molecular weight excluding hydrogens is 511 g/mol. The molecule has 0 saturated heterocycles. The van der Waals surface area contributed by atoms with Crippen LogP contribution >= 0.6 is 34.5 Å². The molecule has 3 rings (SSSR count). The van der Waals surface area contributed by atoms with Crippen LogP contribution in [0.25, 0.3) is 11.3 Å². The van der Waals surface area contributed by atoms with E-state index in [1.807, 2.05) is 0 Å². The molecule has 0 radical (unpaired) electrons. The number of thiazole rings is 1. The number of ether oxygens (including phenoxy) is 3. The van der Waals surface area contributed by atoms with Gasteiger partial charge in [0.05, 0.1) is 35.0 Å². The Kier molecular flexibility index (Phi) is 9.37. The van der Waals surface area contributed by atoms with E-state index >= 15 is 0 Å². The summed E-state index contributed by atoms with van der Waals surface area (Å²) in [7, 11) is 1.50. The van der Waals surface area contributed by atoms with Gasteiger partial charge >= 0.3 is 5.97 Å². The van der Waals surface area contributed by atoms with Crippen LogP contribution in [0.5, 0.6) is 11.5 Å². The van der Waals surface area contributed by atoms with Crippen LogP contribution in [0.1, 0.15) is 37.6 Å². The molecule has 0 saturated carbocycles. The number of nitrogens with one attached hydrogen (secondary N) is 1. The van der Waals surface area contributed by atoms with Crippen LogP contribution in [0.4, 0.5) is 5.13 Å². The maximum absolute atomic E-state index is 12.6. The van der Waals surface area contributed by atoms with Gasteiger partial charge in [-0.05, 0) is 49.6 Å². The highest BCUT2D eigenvalue weighted by molar-refractivity contribution is 7.14. The predicted molar refractivity (Wildman–Crippen MR) is 139 cm³/mol. The van der Waals surface area contributed by atoms with E-state index in [0.717, 1.165) is 12.0 Å². The monoisotopic (exact) mass is 536 g/mol. The number of nitrogens with zero attached hydrogens (tertiary/aromatic N) is 1. The summed E-state index contributed by atoms with van der Waals surface area (Å²) in [5.41, 5.74) is 1.64. The number of carbonyl (C=O) groups is 2. The summed E-state index contributed by atoms with van der Waals surface area (Å²) in [5.74, 6) is 0.300. The van der Waals surface area contributed by atoms with E-state index in [0.29, 0.717) is 44.9 Å². The molecule has 0 bridgehead atoms. The molecule has 0 spiro atoms. The van der Waals surface area contributed by atoms with Crippen LogP contribution in [0, 0.1) is 5.92 Å². The number of aromatic nitrogens is 1. The van der Waals surface area contributed by atoms with Crippen molar-refractivity contribution in [3.05, 3.63) is 57.4 Å². The maximum Gasteiger partial charge on any atom is 0.339 e. The standard InChI is InChI=1S/C25H26Cl2N2O5S/c1-14(2)9-10-33-21-8-6-17(12-22(21)32-4)24(31)34-15(3)23(30)29-25-28-20(13-35-25)16-5-7-18(26)19(27)11-16/h5-8,11-15H,9-10H2,1-4H3,(H,28,29,30). The van der Waals surface area contributed by atoms with Crippen LogP contribution in [0.2, 0.25) is 10.0 Å². The van der Waals surface area contributed by atoms with Crippen molar-refractivity contribution in [1.82, 2.24) is 4.98 Å². The Balaban J connectivity index is 1.59. The number of anilines is 1. The summed E-state index contributed by atoms with van der Waals surface area (Å²) in [5, 5.41) is 5.67. The van der Waals surface area contributed by atoms with Gasteiger partial charge in [0.15, 0.2) is 22.7 Å². The highest BCUT2D eigenvalue weighted by atomic mass is 35.5. The van der Waals surface area contributed by atoms with Gasteiger partial charge in [-0.2, -0.15) is 0 Å². The van der Waals surface area contributed by atoms with E-state index in [2.05, 4.69) is 24.1 Å². The van der Waals surface area contributed by atoms with Crippen molar-refractivity contribution in [2.45, 2.75) is 33.3 Å². The van der Waals surface area contributed by atoms with Gasteiger partial charge in [-0.1, -0.05) is 43.1 Å². The van der Waals surface area contributed by atoms with Gasteiger partial charge in [-0.3, -0.25) is 10.1 Å². The largest absolute Gasteiger partial charge is 0.493 e. The van der Waals surface area contributed by atoms with Crippen molar-refractivity contribution < 1.29 is 23.8 Å². The third-order valence-corrected chi connectivity index (χ3v) is 6.45. The first-order chi connectivity index (χ1) is 16.7. The molecule has 1 atom stereocenters. The fourth-order valence-corrected chi connectivity index (χ4v) is 3.95. The number of halogens is 2. The number of benzene rings is 2. The lowest BCUT2D eigenvalue weighted by molar-refractivity contribution is -0.123. The lowest BCUT2D eigenvalue weighted by atomic mass is 10.1. The average Bonchev–Trinajstić information content (AvgIpc) is 3.29. The fraction of sp³-hybridized carbons (Fsp3) is 0.320. The molecule has 1 aromatic heterocycles. The van der Waals surface area contributed by atoms with Gasteiger partial charge in [0.2, 0.25) is 0 Å².